The first-order valence-electron chi connectivity index (χ1n) is 22.2. The van der Waals surface area contributed by atoms with Gasteiger partial charge in [-0.2, -0.15) is 0 Å². The van der Waals surface area contributed by atoms with Crippen LogP contribution in [0.2, 0.25) is 0 Å². The van der Waals surface area contributed by atoms with Crippen molar-refractivity contribution in [2.24, 2.45) is 0 Å². The molecule has 11 aromatic rings. The molecule has 0 aliphatic heterocycles. The minimum Gasteiger partial charge on any atom is -0.311 e. The molecule has 3 heteroatoms. The lowest BCUT2D eigenvalue weighted by atomic mass is 9.99. The van der Waals surface area contributed by atoms with Crippen LogP contribution in [0.5, 0.6) is 0 Å². The second-order valence-electron chi connectivity index (χ2n) is 16.3. The maximum atomic E-state index is 2.33. The fraction of sp³-hybridized carbons (Fsp3) is 0. The number of hydrogen-bond donors (Lipinski definition) is 0. The normalized spacial score (nSPS) is 11.1. The van der Waals surface area contributed by atoms with Gasteiger partial charge < -0.3 is 14.7 Å². The summed E-state index contributed by atoms with van der Waals surface area (Å²) in [7, 11) is 0. The van der Waals surface area contributed by atoms with E-state index in [1.165, 1.54) is 43.8 Å². The van der Waals surface area contributed by atoms with Gasteiger partial charge in [0.15, 0.2) is 0 Å². The minimum absolute atomic E-state index is 1.10. The first kappa shape index (κ1) is 39.2. The summed E-state index contributed by atoms with van der Waals surface area (Å²) in [6, 6.07) is 97.8. The smallest absolute Gasteiger partial charge is 0.0468 e. The zero-order chi connectivity index (χ0) is 43.4. The Balaban J connectivity index is 0.857. The third-order valence-electron chi connectivity index (χ3n) is 12.2. The van der Waals surface area contributed by atoms with Crippen LogP contribution in [0.15, 0.2) is 273 Å². The van der Waals surface area contributed by atoms with Crippen LogP contribution < -0.4 is 14.7 Å². The number of anilines is 9. The van der Waals surface area contributed by atoms with E-state index in [-0.39, 0.29) is 0 Å². The van der Waals surface area contributed by atoms with Gasteiger partial charge in [0.2, 0.25) is 0 Å². The molecule has 0 bridgehead atoms. The molecule has 3 nitrogen and oxygen atoms in total. The largest absolute Gasteiger partial charge is 0.311 e. The lowest BCUT2D eigenvalue weighted by molar-refractivity contribution is 1.28. The topological polar surface area (TPSA) is 9.72 Å². The van der Waals surface area contributed by atoms with Gasteiger partial charge >= 0.3 is 0 Å². The van der Waals surface area contributed by atoms with E-state index >= 15 is 0 Å². The molecular formula is C62H45N3. The van der Waals surface area contributed by atoms with Gasteiger partial charge in [0.05, 0.1) is 0 Å². The Labute approximate surface area is 381 Å². The monoisotopic (exact) mass is 831 g/mol. The number of rotatable bonds is 11. The van der Waals surface area contributed by atoms with Crippen LogP contribution in [0.4, 0.5) is 51.2 Å². The molecule has 308 valence electrons. The lowest BCUT2D eigenvalue weighted by Gasteiger charge is -2.26. The van der Waals surface area contributed by atoms with Crippen molar-refractivity contribution in [3.8, 4) is 22.3 Å². The van der Waals surface area contributed by atoms with Crippen LogP contribution in [0.3, 0.4) is 0 Å². The van der Waals surface area contributed by atoms with E-state index in [0.717, 1.165) is 51.2 Å². The maximum absolute atomic E-state index is 2.33. The first-order chi connectivity index (χ1) is 32.2. The van der Waals surface area contributed by atoms with Crippen molar-refractivity contribution in [1.82, 2.24) is 0 Å². The Morgan fingerprint density at radius 3 is 0.677 bits per heavy atom. The van der Waals surface area contributed by atoms with Crippen LogP contribution >= 0.6 is 0 Å². The Bertz CT molecular complexity index is 3050. The first-order valence-corrected chi connectivity index (χ1v) is 22.2. The van der Waals surface area contributed by atoms with E-state index in [1.807, 2.05) is 0 Å². The Hall–Kier alpha value is -8.66. The van der Waals surface area contributed by atoms with Gasteiger partial charge in [0.25, 0.3) is 0 Å². The van der Waals surface area contributed by atoms with Gasteiger partial charge in [0, 0.05) is 51.2 Å². The highest BCUT2D eigenvalue weighted by Crippen LogP contribution is 2.40. The summed E-state index contributed by atoms with van der Waals surface area (Å²) in [5.41, 5.74) is 14.8. The molecule has 0 saturated carbocycles. The number of hydrogen-bond acceptors (Lipinski definition) is 3. The number of benzene rings is 11. The van der Waals surface area contributed by atoms with Gasteiger partial charge in [0.1, 0.15) is 0 Å². The quantitative estimate of drug-likeness (QED) is 0.129. The molecule has 11 aromatic carbocycles. The molecular weight excluding hydrogens is 787 g/mol. The minimum atomic E-state index is 1.10. The highest BCUT2D eigenvalue weighted by molar-refractivity contribution is 5.94. The van der Waals surface area contributed by atoms with Crippen molar-refractivity contribution in [3.63, 3.8) is 0 Å². The van der Waals surface area contributed by atoms with Crippen molar-refractivity contribution in [3.05, 3.63) is 273 Å². The fourth-order valence-corrected chi connectivity index (χ4v) is 8.94. The summed E-state index contributed by atoms with van der Waals surface area (Å²) < 4.78 is 0. The van der Waals surface area contributed by atoms with Crippen LogP contribution in [0.1, 0.15) is 0 Å². The van der Waals surface area contributed by atoms with E-state index in [0.29, 0.717) is 0 Å². The molecule has 0 radical (unpaired) electrons. The molecule has 0 N–H and O–H groups in total. The molecule has 0 spiro atoms. The van der Waals surface area contributed by atoms with E-state index in [4.69, 9.17) is 0 Å². The van der Waals surface area contributed by atoms with Crippen LogP contribution in [-0.2, 0) is 0 Å². The summed E-state index contributed by atoms with van der Waals surface area (Å²) in [6.07, 6.45) is 0. The van der Waals surface area contributed by atoms with Crippen LogP contribution in [0.25, 0.3) is 43.8 Å². The Morgan fingerprint density at radius 2 is 0.369 bits per heavy atom. The van der Waals surface area contributed by atoms with E-state index < -0.39 is 0 Å². The van der Waals surface area contributed by atoms with E-state index in [1.54, 1.807) is 0 Å². The van der Waals surface area contributed by atoms with Gasteiger partial charge in [-0.05, 0) is 165 Å². The Morgan fingerprint density at radius 1 is 0.154 bits per heavy atom. The summed E-state index contributed by atoms with van der Waals surface area (Å²) in [5, 5.41) is 4.81. The molecule has 11 rings (SSSR count). The summed E-state index contributed by atoms with van der Waals surface area (Å²) >= 11 is 0. The highest BCUT2D eigenvalue weighted by Gasteiger charge is 2.16. The SMILES string of the molecule is c1ccc(N(c2ccc(-c3ccc4cc(N(c5ccccc5)c5ccccc5)ccc4c3)cc2)c2ccc(-c3ccc4cc(N(c5ccccc5)c5ccccc5)ccc4c3)cc2)cc1. The zero-order valence-corrected chi connectivity index (χ0v) is 35.8. The highest BCUT2D eigenvalue weighted by atomic mass is 15.2. The molecule has 0 fully saturated rings. The van der Waals surface area contributed by atoms with E-state index in [2.05, 4.69) is 288 Å². The molecule has 0 heterocycles. The van der Waals surface area contributed by atoms with E-state index in [9.17, 15) is 0 Å². The third-order valence-corrected chi connectivity index (χ3v) is 12.2. The summed E-state index contributed by atoms with van der Waals surface area (Å²) in [5.74, 6) is 0. The predicted octanol–water partition coefficient (Wildman–Crippen LogP) is 17.7. The molecule has 0 saturated heterocycles. The molecule has 0 atom stereocenters. The summed E-state index contributed by atoms with van der Waals surface area (Å²) in [4.78, 5) is 6.95. The van der Waals surface area contributed by atoms with Crippen molar-refractivity contribution in [2.45, 2.75) is 0 Å². The molecule has 0 aliphatic rings. The van der Waals surface area contributed by atoms with Crippen molar-refractivity contribution >= 4 is 72.7 Å². The second kappa shape index (κ2) is 17.6. The Kier molecular flexibility index (Phi) is 10.6. The number of nitrogens with zero attached hydrogens (tertiary/aromatic N) is 3. The number of para-hydroxylation sites is 5. The number of fused-ring (bicyclic) bond motifs is 2. The fourth-order valence-electron chi connectivity index (χ4n) is 8.94. The molecule has 65 heavy (non-hydrogen) atoms. The average molecular weight is 832 g/mol. The van der Waals surface area contributed by atoms with Crippen molar-refractivity contribution in [1.29, 1.82) is 0 Å². The maximum Gasteiger partial charge on any atom is 0.0468 e. The van der Waals surface area contributed by atoms with Crippen LogP contribution in [0, 0.1) is 0 Å². The standard InChI is InChI=1S/C62H45N3/c1-6-16-54(17-7-1)63(59-36-30-46(31-37-59)48-26-28-52-44-61(40-34-50(52)42-48)64(55-18-8-2-9-19-55)56-20-10-3-11-21-56)60-38-32-47(33-39-60)49-27-29-53-45-62(41-35-51(53)43-49)65(57-22-12-4-13-23-57)58-24-14-5-15-25-58/h1-45H. The molecule has 0 amide bonds. The molecule has 0 unspecified atom stereocenters. The predicted molar refractivity (Wildman–Crippen MR) is 276 cm³/mol. The third kappa shape index (κ3) is 8.11. The van der Waals surface area contributed by atoms with Gasteiger partial charge in [-0.3, -0.25) is 0 Å². The second-order valence-corrected chi connectivity index (χ2v) is 16.3. The van der Waals surface area contributed by atoms with Gasteiger partial charge in [-0.25, -0.2) is 0 Å². The van der Waals surface area contributed by atoms with Gasteiger partial charge in [-0.1, -0.05) is 152 Å². The lowest BCUT2D eigenvalue weighted by Crippen LogP contribution is -2.09. The van der Waals surface area contributed by atoms with Crippen molar-refractivity contribution < 1.29 is 0 Å². The zero-order valence-electron chi connectivity index (χ0n) is 35.8. The average Bonchev–Trinajstić information content (AvgIpc) is 3.38. The van der Waals surface area contributed by atoms with Crippen molar-refractivity contribution in [2.75, 3.05) is 14.7 Å². The molecule has 0 aromatic heterocycles. The molecule has 0 aliphatic carbocycles. The summed E-state index contributed by atoms with van der Waals surface area (Å²) in [6.45, 7) is 0. The van der Waals surface area contributed by atoms with Crippen LogP contribution in [-0.4, -0.2) is 0 Å². The van der Waals surface area contributed by atoms with Gasteiger partial charge in [-0.15, -0.1) is 0 Å².